The highest BCUT2D eigenvalue weighted by Crippen LogP contribution is 2.24. The van der Waals surface area contributed by atoms with Crippen molar-refractivity contribution in [3.8, 4) is 0 Å². The molecular weight excluding hydrogens is 310 g/mol. The molecule has 0 aliphatic rings. The molecule has 1 aromatic carbocycles. The van der Waals surface area contributed by atoms with Crippen LogP contribution in [0.15, 0.2) is 33.2 Å². The fourth-order valence-electron chi connectivity index (χ4n) is 1.77. The quantitative estimate of drug-likeness (QED) is 0.893. The first-order valence-electron chi connectivity index (χ1n) is 5.80. The Kier molecular flexibility index (Phi) is 3.95. The van der Waals surface area contributed by atoms with Gasteiger partial charge in [-0.1, -0.05) is 6.07 Å². The Morgan fingerprint density at radius 2 is 2.11 bits per heavy atom. The van der Waals surface area contributed by atoms with Gasteiger partial charge in [0.15, 0.2) is 0 Å². The summed E-state index contributed by atoms with van der Waals surface area (Å²) in [5, 5.41) is 12.1. The number of halogens is 1. The van der Waals surface area contributed by atoms with Gasteiger partial charge in [-0.15, -0.1) is 0 Å². The zero-order valence-corrected chi connectivity index (χ0v) is 12.2. The maximum atomic E-state index is 10.8. The van der Waals surface area contributed by atoms with Gasteiger partial charge in [0, 0.05) is 22.3 Å². The van der Waals surface area contributed by atoms with E-state index in [0.717, 1.165) is 21.3 Å². The van der Waals surface area contributed by atoms with Gasteiger partial charge in [-0.05, 0) is 53.5 Å². The smallest absolute Gasteiger partial charge is 0.371 e. The van der Waals surface area contributed by atoms with Crippen molar-refractivity contribution < 1.29 is 14.3 Å². The van der Waals surface area contributed by atoms with Gasteiger partial charge in [-0.25, -0.2) is 4.79 Å². The number of aromatic carboxylic acids is 1. The molecule has 0 fully saturated rings. The van der Waals surface area contributed by atoms with Crippen LogP contribution in [0.4, 0.5) is 5.69 Å². The van der Waals surface area contributed by atoms with Crippen molar-refractivity contribution in [2.75, 3.05) is 5.32 Å². The fraction of sp³-hybridized carbons (Fsp3) is 0.214. The molecule has 0 amide bonds. The monoisotopic (exact) mass is 323 g/mol. The number of anilines is 1. The van der Waals surface area contributed by atoms with Gasteiger partial charge in [-0.3, -0.25) is 0 Å². The molecule has 0 unspecified atom stereocenters. The van der Waals surface area contributed by atoms with Crippen molar-refractivity contribution >= 4 is 27.6 Å². The zero-order chi connectivity index (χ0) is 14.0. The lowest BCUT2D eigenvalue weighted by molar-refractivity contribution is 0.0661. The van der Waals surface area contributed by atoms with Crippen molar-refractivity contribution in [3.63, 3.8) is 0 Å². The summed E-state index contributed by atoms with van der Waals surface area (Å²) < 4.78 is 6.14. The first-order valence-corrected chi connectivity index (χ1v) is 6.59. The van der Waals surface area contributed by atoms with Crippen LogP contribution in [0.1, 0.15) is 27.4 Å². The molecular formula is C14H14BrNO3. The molecule has 0 spiro atoms. The zero-order valence-electron chi connectivity index (χ0n) is 10.7. The SMILES string of the molecule is Cc1ccc(Br)c(NCc2cc(C(=O)O)oc2C)c1. The minimum atomic E-state index is -1.05. The molecule has 0 saturated heterocycles. The highest BCUT2D eigenvalue weighted by atomic mass is 79.9. The highest BCUT2D eigenvalue weighted by Gasteiger charge is 2.13. The normalized spacial score (nSPS) is 10.5. The van der Waals surface area contributed by atoms with E-state index in [1.807, 2.05) is 25.1 Å². The van der Waals surface area contributed by atoms with Crippen LogP contribution in [0.5, 0.6) is 0 Å². The van der Waals surface area contributed by atoms with Gasteiger partial charge >= 0.3 is 5.97 Å². The molecule has 2 N–H and O–H groups in total. The number of hydrogen-bond donors (Lipinski definition) is 2. The second-order valence-electron chi connectivity index (χ2n) is 4.33. The van der Waals surface area contributed by atoms with Crippen LogP contribution in [-0.4, -0.2) is 11.1 Å². The van der Waals surface area contributed by atoms with Crippen LogP contribution < -0.4 is 5.32 Å². The first kappa shape index (κ1) is 13.7. The van der Waals surface area contributed by atoms with Crippen LogP contribution in [0.2, 0.25) is 0 Å². The second-order valence-corrected chi connectivity index (χ2v) is 5.19. The van der Waals surface area contributed by atoms with Crippen LogP contribution in [0.25, 0.3) is 0 Å². The van der Waals surface area contributed by atoms with E-state index in [9.17, 15) is 4.79 Å². The van der Waals surface area contributed by atoms with Gasteiger partial charge < -0.3 is 14.8 Å². The predicted molar refractivity (Wildman–Crippen MR) is 76.6 cm³/mol. The van der Waals surface area contributed by atoms with Crippen molar-refractivity contribution in [3.05, 3.63) is 51.4 Å². The summed E-state index contributed by atoms with van der Waals surface area (Å²) in [6.45, 7) is 4.29. The van der Waals surface area contributed by atoms with Crippen LogP contribution >= 0.6 is 15.9 Å². The number of carbonyl (C=O) groups is 1. The van der Waals surface area contributed by atoms with Crippen LogP contribution in [-0.2, 0) is 6.54 Å². The Bertz CT molecular complexity index is 619. The molecule has 1 heterocycles. The minimum Gasteiger partial charge on any atom is -0.475 e. The molecule has 100 valence electrons. The lowest BCUT2D eigenvalue weighted by Gasteiger charge is -2.08. The summed E-state index contributed by atoms with van der Waals surface area (Å²) in [6, 6.07) is 7.56. The van der Waals surface area contributed by atoms with Gasteiger partial charge in [-0.2, -0.15) is 0 Å². The van der Waals surface area contributed by atoms with Crippen molar-refractivity contribution in [1.29, 1.82) is 0 Å². The topological polar surface area (TPSA) is 62.5 Å². The average Bonchev–Trinajstić information content (AvgIpc) is 2.72. The molecule has 4 nitrogen and oxygen atoms in total. The number of carboxylic acid groups (broad SMARTS) is 1. The molecule has 1 aromatic heterocycles. The average molecular weight is 324 g/mol. The van der Waals surface area contributed by atoms with Crippen LogP contribution in [0, 0.1) is 13.8 Å². The Hall–Kier alpha value is -1.75. The number of aryl methyl sites for hydroxylation is 2. The Balaban J connectivity index is 2.14. The molecule has 0 saturated carbocycles. The third-order valence-electron chi connectivity index (χ3n) is 2.82. The molecule has 0 aliphatic carbocycles. The Labute approximate surface area is 119 Å². The van der Waals surface area contributed by atoms with E-state index in [1.54, 1.807) is 13.0 Å². The summed E-state index contributed by atoms with van der Waals surface area (Å²) in [7, 11) is 0. The second kappa shape index (κ2) is 5.48. The highest BCUT2D eigenvalue weighted by molar-refractivity contribution is 9.10. The van der Waals surface area contributed by atoms with E-state index >= 15 is 0 Å². The number of hydrogen-bond acceptors (Lipinski definition) is 3. The molecule has 0 radical (unpaired) electrons. The molecule has 0 atom stereocenters. The molecule has 5 heteroatoms. The number of rotatable bonds is 4. The number of furan rings is 1. The van der Waals surface area contributed by atoms with Gasteiger partial charge in [0.1, 0.15) is 5.76 Å². The fourth-order valence-corrected chi connectivity index (χ4v) is 2.15. The summed E-state index contributed by atoms with van der Waals surface area (Å²) in [4.78, 5) is 10.8. The molecule has 0 aliphatic heterocycles. The third kappa shape index (κ3) is 3.17. The standard InChI is InChI=1S/C14H14BrNO3/c1-8-3-4-11(15)12(5-8)16-7-10-6-13(14(17)18)19-9(10)2/h3-6,16H,7H2,1-2H3,(H,17,18). The van der Waals surface area contributed by atoms with Crippen molar-refractivity contribution in [2.24, 2.45) is 0 Å². The van der Waals surface area contributed by atoms with E-state index < -0.39 is 5.97 Å². The molecule has 19 heavy (non-hydrogen) atoms. The lowest BCUT2D eigenvalue weighted by atomic mass is 10.2. The van der Waals surface area contributed by atoms with E-state index in [2.05, 4.69) is 21.2 Å². The van der Waals surface area contributed by atoms with Crippen LogP contribution in [0.3, 0.4) is 0 Å². The molecule has 2 rings (SSSR count). The number of nitrogens with one attached hydrogen (secondary N) is 1. The lowest BCUT2D eigenvalue weighted by Crippen LogP contribution is -2.00. The number of carboxylic acids is 1. The molecule has 2 aromatic rings. The third-order valence-corrected chi connectivity index (χ3v) is 3.51. The first-order chi connectivity index (χ1) is 8.97. The summed E-state index contributed by atoms with van der Waals surface area (Å²) in [5.41, 5.74) is 2.96. The van der Waals surface area contributed by atoms with Gasteiger partial charge in [0.05, 0.1) is 0 Å². The Morgan fingerprint density at radius 1 is 1.37 bits per heavy atom. The summed E-state index contributed by atoms with van der Waals surface area (Å²) >= 11 is 3.47. The number of benzene rings is 1. The Morgan fingerprint density at radius 3 is 2.74 bits per heavy atom. The summed E-state index contributed by atoms with van der Waals surface area (Å²) in [5.74, 6) is -0.461. The maximum Gasteiger partial charge on any atom is 0.371 e. The van der Waals surface area contributed by atoms with E-state index in [0.29, 0.717) is 12.3 Å². The molecule has 0 bridgehead atoms. The van der Waals surface area contributed by atoms with Gasteiger partial charge in [0.2, 0.25) is 5.76 Å². The van der Waals surface area contributed by atoms with E-state index in [-0.39, 0.29) is 5.76 Å². The van der Waals surface area contributed by atoms with Gasteiger partial charge in [0.25, 0.3) is 0 Å². The largest absolute Gasteiger partial charge is 0.475 e. The van der Waals surface area contributed by atoms with E-state index in [1.165, 1.54) is 0 Å². The van der Waals surface area contributed by atoms with Crippen molar-refractivity contribution in [1.82, 2.24) is 0 Å². The summed E-state index contributed by atoms with van der Waals surface area (Å²) in [6.07, 6.45) is 0. The predicted octanol–water partition coefficient (Wildman–Crippen LogP) is 3.97. The minimum absolute atomic E-state index is 0.0300. The van der Waals surface area contributed by atoms with Crippen molar-refractivity contribution in [2.45, 2.75) is 20.4 Å². The van der Waals surface area contributed by atoms with E-state index in [4.69, 9.17) is 9.52 Å². The maximum absolute atomic E-state index is 10.8.